The number of alkyl halides is 3. The van der Waals surface area contributed by atoms with Gasteiger partial charge < -0.3 is 14.5 Å². The molecule has 0 fully saturated rings. The van der Waals surface area contributed by atoms with Gasteiger partial charge in [0.15, 0.2) is 11.6 Å². The summed E-state index contributed by atoms with van der Waals surface area (Å²) < 4.78 is 64.0. The number of methoxy groups -OCH3 is 1. The summed E-state index contributed by atoms with van der Waals surface area (Å²) in [6.45, 7) is 1.24. The normalized spacial score (nSPS) is 11.6. The molecule has 1 N–H and O–H groups in total. The van der Waals surface area contributed by atoms with Crippen LogP contribution < -0.4 is 10.1 Å². The highest BCUT2D eigenvalue weighted by molar-refractivity contribution is 6.16. The third kappa shape index (κ3) is 4.12. The molecule has 34 heavy (non-hydrogen) atoms. The molecule has 7 nitrogen and oxygen atoms in total. The summed E-state index contributed by atoms with van der Waals surface area (Å²) in [4.78, 5) is 25.4. The summed E-state index contributed by atoms with van der Waals surface area (Å²) >= 11 is 0. The Bertz CT molecular complexity index is 1440. The van der Waals surface area contributed by atoms with Crippen molar-refractivity contribution in [2.45, 2.75) is 13.1 Å². The number of fused-ring (bicyclic) bond motifs is 1. The van der Waals surface area contributed by atoms with Crippen LogP contribution in [0, 0.1) is 5.82 Å². The average molecular weight is 474 g/mol. The molecule has 1 amide bonds. The lowest BCUT2D eigenvalue weighted by Gasteiger charge is -2.14. The van der Waals surface area contributed by atoms with Crippen molar-refractivity contribution in [1.29, 1.82) is 0 Å². The number of rotatable bonds is 5. The number of hydrogen-bond donors (Lipinski definition) is 1. The highest BCUT2D eigenvalue weighted by atomic mass is 19.4. The van der Waals surface area contributed by atoms with Crippen molar-refractivity contribution >= 4 is 22.9 Å². The maximum Gasteiger partial charge on any atom is 0.416 e. The van der Waals surface area contributed by atoms with Gasteiger partial charge in [-0.1, -0.05) is 0 Å². The first-order valence-corrected chi connectivity index (χ1v) is 9.90. The molecular formula is C23H18F4N4O3. The predicted octanol–water partition coefficient (Wildman–Crippen LogP) is 4.96. The summed E-state index contributed by atoms with van der Waals surface area (Å²) in [5, 5.41) is 6.09. The van der Waals surface area contributed by atoms with E-state index in [9.17, 15) is 22.8 Å². The van der Waals surface area contributed by atoms with Crippen LogP contribution in [-0.2, 0) is 13.2 Å². The van der Waals surface area contributed by atoms with Crippen LogP contribution in [-0.4, -0.2) is 33.0 Å². The smallest absolute Gasteiger partial charge is 0.416 e. The third-order valence-corrected chi connectivity index (χ3v) is 5.26. The summed E-state index contributed by atoms with van der Waals surface area (Å²) in [7, 11) is 2.95. The molecule has 4 aromatic rings. The van der Waals surface area contributed by atoms with Crippen LogP contribution in [0.3, 0.4) is 0 Å². The lowest BCUT2D eigenvalue weighted by molar-refractivity contribution is -0.137. The van der Waals surface area contributed by atoms with E-state index < -0.39 is 34.9 Å². The number of benzene rings is 1. The number of aromatic nitrogens is 3. The Hall–Kier alpha value is -4.15. The molecule has 0 unspecified atom stereocenters. The second-order valence-corrected chi connectivity index (χ2v) is 7.57. The maximum atomic E-state index is 15.3. The van der Waals surface area contributed by atoms with Crippen LogP contribution in [0.5, 0.6) is 5.75 Å². The van der Waals surface area contributed by atoms with E-state index in [-0.39, 0.29) is 27.8 Å². The second-order valence-electron chi connectivity index (χ2n) is 7.57. The number of carbonyl (C=O) groups is 2. The molecule has 0 spiro atoms. The lowest BCUT2D eigenvalue weighted by atomic mass is 10.0. The molecule has 4 rings (SSSR count). The topological polar surface area (TPSA) is 77.6 Å². The number of carbonyl (C=O) groups excluding carboxylic acids is 2. The summed E-state index contributed by atoms with van der Waals surface area (Å²) in [5.41, 5.74) is -1.95. The Morgan fingerprint density at radius 3 is 2.47 bits per heavy atom. The lowest BCUT2D eigenvalue weighted by Crippen LogP contribution is -2.17. The largest absolute Gasteiger partial charge is 0.497 e. The van der Waals surface area contributed by atoms with Crippen LogP contribution in [0.2, 0.25) is 0 Å². The van der Waals surface area contributed by atoms with E-state index in [0.717, 1.165) is 0 Å². The van der Waals surface area contributed by atoms with E-state index in [0.29, 0.717) is 17.9 Å². The maximum absolute atomic E-state index is 15.3. The van der Waals surface area contributed by atoms with Crippen LogP contribution >= 0.6 is 0 Å². The molecule has 1 aromatic carbocycles. The first kappa shape index (κ1) is 23.0. The first-order valence-electron chi connectivity index (χ1n) is 9.90. The fraction of sp³-hybridized carbons (Fsp3) is 0.174. The molecule has 0 aliphatic rings. The van der Waals surface area contributed by atoms with Crippen molar-refractivity contribution in [1.82, 2.24) is 14.2 Å². The molecule has 11 heteroatoms. The first-order chi connectivity index (χ1) is 16.0. The van der Waals surface area contributed by atoms with Crippen molar-refractivity contribution in [3.8, 4) is 16.9 Å². The second kappa shape index (κ2) is 8.32. The number of aryl methyl sites for hydroxylation is 1. The van der Waals surface area contributed by atoms with Crippen molar-refractivity contribution in [3.63, 3.8) is 0 Å². The minimum Gasteiger partial charge on any atom is -0.497 e. The SMILES string of the molecule is COc1ccn2cc(C(C)=O)c(C(=O)Nc3cc(C(F)(F)F)cc(-c4cnn(C)c4)c3F)c2c1. The third-order valence-electron chi connectivity index (χ3n) is 5.26. The zero-order valence-corrected chi connectivity index (χ0v) is 18.2. The zero-order chi connectivity index (χ0) is 24.8. The molecular weight excluding hydrogens is 456 g/mol. The fourth-order valence-electron chi connectivity index (χ4n) is 3.61. The highest BCUT2D eigenvalue weighted by Gasteiger charge is 2.33. The summed E-state index contributed by atoms with van der Waals surface area (Å²) in [6.07, 6.45) is 0.737. The summed E-state index contributed by atoms with van der Waals surface area (Å²) in [6, 6.07) is 4.26. The van der Waals surface area contributed by atoms with Gasteiger partial charge in [-0.05, 0) is 25.1 Å². The number of nitrogens with zero attached hydrogens (tertiary/aromatic N) is 3. The molecule has 3 heterocycles. The highest BCUT2D eigenvalue weighted by Crippen LogP contribution is 2.37. The molecule has 0 atom stereocenters. The van der Waals surface area contributed by atoms with Crippen LogP contribution in [0.4, 0.5) is 23.2 Å². The van der Waals surface area contributed by atoms with Gasteiger partial charge in [-0.15, -0.1) is 0 Å². The van der Waals surface area contributed by atoms with Crippen LogP contribution in [0.25, 0.3) is 16.6 Å². The Kier molecular flexibility index (Phi) is 5.64. The Morgan fingerprint density at radius 1 is 1.15 bits per heavy atom. The van der Waals surface area contributed by atoms with Gasteiger partial charge in [-0.3, -0.25) is 14.3 Å². The van der Waals surface area contributed by atoms with Crippen molar-refractivity contribution in [2.24, 2.45) is 7.05 Å². The molecule has 0 aliphatic carbocycles. The number of nitrogens with one attached hydrogen (secondary N) is 1. The molecule has 0 radical (unpaired) electrons. The molecule has 0 saturated heterocycles. The van der Waals surface area contributed by atoms with Gasteiger partial charge in [0.1, 0.15) is 5.75 Å². The zero-order valence-electron chi connectivity index (χ0n) is 18.2. The number of Topliss-reactive ketones (excluding diaryl/α,β-unsaturated/α-hetero) is 1. The number of pyridine rings is 1. The molecule has 176 valence electrons. The monoisotopic (exact) mass is 474 g/mol. The Balaban J connectivity index is 1.86. The van der Waals surface area contributed by atoms with Gasteiger partial charge >= 0.3 is 6.18 Å². The number of halogens is 4. The number of ketones is 1. The average Bonchev–Trinajstić information content (AvgIpc) is 3.37. The van der Waals surface area contributed by atoms with Gasteiger partial charge in [-0.25, -0.2) is 4.39 Å². The van der Waals surface area contributed by atoms with Crippen LogP contribution in [0.1, 0.15) is 33.2 Å². The molecule has 3 aromatic heterocycles. The van der Waals surface area contributed by atoms with E-state index in [1.807, 2.05) is 0 Å². The van der Waals surface area contributed by atoms with E-state index in [2.05, 4.69) is 10.4 Å². The summed E-state index contributed by atoms with van der Waals surface area (Å²) in [5.74, 6) is -2.08. The van der Waals surface area contributed by atoms with E-state index in [1.54, 1.807) is 12.3 Å². The number of ether oxygens (including phenoxy) is 1. The van der Waals surface area contributed by atoms with Gasteiger partial charge in [0.25, 0.3) is 5.91 Å². The number of amides is 1. The molecule has 0 saturated carbocycles. The van der Waals surface area contributed by atoms with Crippen molar-refractivity contribution in [2.75, 3.05) is 12.4 Å². The van der Waals surface area contributed by atoms with E-state index in [1.165, 1.54) is 54.8 Å². The fourth-order valence-corrected chi connectivity index (χ4v) is 3.61. The minimum atomic E-state index is -4.80. The Morgan fingerprint density at radius 2 is 1.88 bits per heavy atom. The van der Waals surface area contributed by atoms with E-state index >= 15 is 4.39 Å². The molecule has 0 aliphatic heterocycles. The van der Waals surface area contributed by atoms with E-state index in [4.69, 9.17) is 4.74 Å². The predicted molar refractivity (Wildman–Crippen MR) is 116 cm³/mol. The molecule has 0 bridgehead atoms. The van der Waals surface area contributed by atoms with Crippen molar-refractivity contribution < 1.29 is 31.9 Å². The van der Waals surface area contributed by atoms with Gasteiger partial charge in [0.05, 0.1) is 35.6 Å². The quantitative estimate of drug-likeness (QED) is 0.328. The van der Waals surface area contributed by atoms with Gasteiger partial charge in [0.2, 0.25) is 0 Å². The van der Waals surface area contributed by atoms with Crippen LogP contribution in [0.15, 0.2) is 49.1 Å². The van der Waals surface area contributed by atoms with Crippen molar-refractivity contribution in [3.05, 3.63) is 71.6 Å². The number of anilines is 1. The van der Waals surface area contributed by atoms with Gasteiger partial charge in [-0.2, -0.15) is 18.3 Å². The number of hydrogen-bond acceptors (Lipinski definition) is 4. The standard InChI is InChI=1S/C23H18F4N4O3/c1-12(32)17-11-31-5-4-15(34-3)8-19(31)20(17)22(33)29-18-7-14(23(25,26)27)6-16(21(18)24)13-9-28-30(2)10-13/h4-11H,1-3H3,(H,29,33). The van der Waals surface area contributed by atoms with Gasteiger partial charge in [0, 0.05) is 48.4 Å². The Labute approximate surface area is 190 Å². The minimum absolute atomic E-state index is 0.0191.